The maximum Gasteiger partial charge on any atom is 0.414 e. The molecule has 1 aliphatic rings. The summed E-state index contributed by atoms with van der Waals surface area (Å²) in [6.45, 7) is 14.9. The van der Waals surface area contributed by atoms with Crippen LogP contribution in [0.1, 0.15) is 59.7 Å². The van der Waals surface area contributed by atoms with E-state index < -0.39 is 29.2 Å². The van der Waals surface area contributed by atoms with Gasteiger partial charge in [-0.1, -0.05) is 6.92 Å². The summed E-state index contributed by atoms with van der Waals surface area (Å²) < 4.78 is 27.3. The Morgan fingerprint density at radius 2 is 1.72 bits per heavy atom. The molecule has 1 aromatic carbocycles. The lowest BCUT2D eigenvalue weighted by atomic mass is 9.91. The first-order valence-electron chi connectivity index (χ1n) is 12.9. The van der Waals surface area contributed by atoms with Gasteiger partial charge in [0.25, 0.3) is 0 Å². The molecule has 1 aliphatic heterocycles. The van der Waals surface area contributed by atoms with Gasteiger partial charge in [0.1, 0.15) is 17.0 Å². The highest BCUT2D eigenvalue weighted by atomic mass is 19.1. The van der Waals surface area contributed by atoms with Gasteiger partial charge in [-0.15, -0.1) is 0 Å². The number of hydrogen-bond donors (Lipinski definition) is 2. The molecule has 2 aromatic heterocycles. The molecule has 9 nitrogen and oxygen atoms in total. The lowest BCUT2D eigenvalue weighted by Gasteiger charge is -2.35. The molecule has 0 aliphatic carbocycles. The zero-order chi connectivity index (χ0) is 28.9. The summed E-state index contributed by atoms with van der Waals surface area (Å²) in [6.07, 6.45) is 2.40. The van der Waals surface area contributed by atoms with Gasteiger partial charge in [0.15, 0.2) is 5.82 Å². The number of amides is 2. The molecule has 39 heavy (non-hydrogen) atoms. The molecule has 10 heteroatoms. The van der Waals surface area contributed by atoms with Gasteiger partial charge in [-0.3, -0.25) is 15.2 Å². The largest absolute Gasteiger partial charge is 0.444 e. The molecule has 0 radical (unpaired) electrons. The molecule has 1 unspecified atom stereocenters. The number of halogens is 1. The zero-order valence-electron chi connectivity index (χ0n) is 23.7. The van der Waals surface area contributed by atoms with E-state index in [-0.39, 0.29) is 23.0 Å². The van der Waals surface area contributed by atoms with E-state index in [4.69, 9.17) is 15.2 Å². The van der Waals surface area contributed by atoms with Crippen molar-refractivity contribution in [2.24, 2.45) is 5.92 Å². The van der Waals surface area contributed by atoms with Crippen LogP contribution in [0.15, 0.2) is 24.5 Å². The van der Waals surface area contributed by atoms with E-state index >= 15 is 4.39 Å². The molecule has 3 aromatic rings. The van der Waals surface area contributed by atoms with Crippen molar-refractivity contribution in [1.82, 2.24) is 9.97 Å². The fraction of sp³-hybridized carbons (Fsp3) is 0.448. The van der Waals surface area contributed by atoms with Gasteiger partial charge < -0.3 is 15.2 Å². The van der Waals surface area contributed by atoms with E-state index in [0.29, 0.717) is 40.6 Å². The first-order chi connectivity index (χ1) is 18.0. The number of carbonyl (C=O) groups excluding carboxylic acids is 2. The van der Waals surface area contributed by atoms with Crippen molar-refractivity contribution in [3.05, 3.63) is 41.6 Å². The van der Waals surface area contributed by atoms with E-state index in [1.54, 1.807) is 44.0 Å². The molecule has 0 fully saturated rings. The number of pyridine rings is 2. The Balaban J connectivity index is 1.89. The predicted octanol–water partition coefficient (Wildman–Crippen LogP) is 6.61. The van der Waals surface area contributed by atoms with Gasteiger partial charge in [0.2, 0.25) is 0 Å². The molecular weight excluding hydrogens is 501 g/mol. The number of anilines is 3. The second-order valence-electron chi connectivity index (χ2n) is 12.1. The minimum atomic E-state index is -0.804. The second-order valence-corrected chi connectivity index (χ2v) is 12.1. The molecule has 0 bridgehead atoms. The van der Waals surface area contributed by atoms with Crippen LogP contribution in [0.5, 0.6) is 0 Å². The van der Waals surface area contributed by atoms with Crippen molar-refractivity contribution >= 4 is 40.2 Å². The number of fused-ring (bicyclic) bond motifs is 2. The zero-order valence-corrected chi connectivity index (χ0v) is 23.7. The minimum Gasteiger partial charge on any atom is -0.444 e. The lowest BCUT2D eigenvalue weighted by molar-refractivity contribution is 0.0570. The third-order valence-electron chi connectivity index (χ3n) is 6.20. The molecule has 3 heterocycles. The smallest absolute Gasteiger partial charge is 0.414 e. The number of nitrogens with two attached hydrogens (primary N) is 1. The van der Waals surface area contributed by atoms with E-state index in [1.807, 2.05) is 34.6 Å². The number of hydrogen-bond acceptors (Lipinski definition) is 7. The Labute approximate surface area is 227 Å². The van der Waals surface area contributed by atoms with Crippen molar-refractivity contribution in [2.45, 2.75) is 73.0 Å². The molecule has 0 spiro atoms. The van der Waals surface area contributed by atoms with Gasteiger partial charge in [0.05, 0.1) is 17.1 Å². The third kappa shape index (κ3) is 6.05. The molecule has 208 valence electrons. The number of carbonyl (C=O) groups is 2. The van der Waals surface area contributed by atoms with E-state index in [9.17, 15) is 9.59 Å². The summed E-state index contributed by atoms with van der Waals surface area (Å²) in [4.78, 5) is 36.2. The van der Waals surface area contributed by atoms with Crippen molar-refractivity contribution in [3.8, 4) is 11.1 Å². The molecule has 0 saturated carbocycles. The standard InChI is InChI=1S/C29H36FN5O4/c1-15-9-21-25(35(14-15)27(37)39-29(6,7)8)16(2)19(12-32-21)18-10-17-11-22(31)33-13-20(17)24(23(18)30)34-26(36)38-28(3,4)5/h10-13,15H,9,14H2,1-8H3,(H2,31,33)(H,34,36). The first kappa shape index (κ1) is 28.1. The summed E-state index contributed by atoms with van der Waals surface area (Å²) in [5.41, 5.74) is 7.06. The Morgan fingerprint density at radius 1 is 1.05 bits per heavy atom. The monoisotopic (exact) mass is 537 g/mol. The number of ether oxygens (including phenoxy) is 2. The van der Waals surface area contributed by atoms with Gasteiger partial charge >= 0.3 is 12.2 Å². The fourth-order valence-electron chi connectivity index (χ4n) is 4.72. The van der Waals surface area contributed by atoms with Crippen LogP contribution in [0, 0.1) is 18.7 Å². The highest BCUT2D eigenvalue weighted by Crippen LogP contribution is 2.41. The molecule has 3 N–H and O–H groups in total. The van der Waals surface area contributed by atoms with Gasteiger partial charge in [0, 0.05) is 35.5 Å². The summed E-state index contributed by atoms with van der Waals surface area (Å²) in [7, 11) is 0. The Hall–Kier alpha value is -3.95. The van der Waals surface area contributed by atoms with Crippen LogP contribution in [0.3, 0.4) is 0 Å². The first-order valence-corrected chi connectivity index (χ1v) is 12.9. The molecule has 2 amide bonds. The molecule has 4 rings (SSSR count). The van der Waals surface area contributed by atoms with Crippen molar-refractivity contribution < 1.29 is 23.5 Å². The number of benzene rings is 1. The maximum absolute atomic E-state index is 16.3. The van der Waals surface area contributed by atoms with Crippen LogP contribution in [-0.4, -0.2) is 39.9 Å². The van der Waals surface area contributed by atoms with Gasteiger partial charge in [-0.25, -0.2) is 19.0 Å². The van der Waals surface area contributed by atoms with Gasteiger partial charge in [-0.2, -0.15) is 0 Å². The molecule has 0 saturated heterocycles. The van der Waals surface area contributed by atoms with Crippen LogP contribution in [-0.2, 0) is 15.9 Å². The van der Waals surface area contributed by atoms with Crippen LogP contribution in [0.2, 0.25) is 0 Å². The van der Waals surface area contributed by atoms with Gasteiger partial charge in [-0.05, 0) is 83.9 Å². The fourth-order valence-corrected chi connectivity index (χ4v) is 4.72. The van der Waals surface area contributed by atoms with E-state index in [2.05, 4.69) is 15.3 Å². The number of nitrogens with zero attached hydrogens (tertiary/aromatic N) is 3. The minimum absolute atomic E-state index is 0.0843. The third-order valence-corrected chi connectivity index (χ3v) is 6.20. The summed E-state index contributed by atoms with van der Waals surface area (Å²) in [5, 5.41) is 3.49. The molecular formula is C29H36FN5O4. The van der Waals surface area contributed by atoms with Crippen molar-refractivity contribution in [3.63, 3.8) is 0 Å². The summed E-state index contributed by atoms with van der Waals surface area (Å²) in [6, 6.07) is 3.25. The van der Waals surface area contributed by atoms with Crippen molar-refractivity contribution in [1.29, 1.82) is 0 Å². The topological polar surface area (TPSA) is 120 Å². The van der Waals surface area contributed by atoms with Crippen LogP contribution in [0.25, 0.3) is 21.9 Å². The summed E-state index contributed by atoms with van der Waals surface area (Å²) >= 11 is 0. The normalized spacial score (nSPS) is 15.6. The van der Waals surface area contributed by atoms with E-state index in [0.717, 1.165) is 5.69 Å². The van der Waals surface area contributed by atoms with Crippen molar-refractivity contribution in [2.75, 3.05) is 22.5 Å². The Bertz CT molecular complexity index is 1460. The van der Waals surface area contributed by atoms with Crippen LogP contribution in [0.4, 0.5) is 31.2 Å². The molecule has 1 atom stereocenters. The number of nitrogens with one attached hydrogen (secondary N) is 1. The lowest BCUT2D eigenvalue weighted by Crippen LogP contribution is -2.43. The van der Waals surface area contributed by atoms with Crippen LogP contribution >= 0.6 is 0 Å². The maximum atomic E-state index is 16.3. The second kappa shape index (κ2) is 9.98. The number of nitrogen functional groups attached to an aromatic ring is 1. The Kier molecular flexibility index (Phi) is 7.18. The number of aromatic nitrogens is 2. The summed E-state index contributed by atoms with van der Waals surface area (Å²) in [5.74, 6) is -0.272. The highest BCUT2D eigenvalue weighted by molar-refractivity contribution is 6.04. The average molecular weight is 538 g/mol. The number of rotatable bonds is 2. The van der Waals surface area contributed by atoms with Crippen LogP contribution < -0.4 is 16.0 Å². The van der Waals surface area contributed by atoms with E-state index in [1.165, 1.54) is 6.20 Å². The highest BCUT2D eigenvalue weighted by Gasteiger charge is 2.33. The SMILES string of the molecule is Cc1c(-c2cc3cc(N)ncc3c(NC(=O)OC(C)(C)C)c2F)cnc2c1N(C(=O)OC(C)(C)C)CC(C)C2. The quantitative estimate of drug-likeness (QED) is 0.377. The average Bonchev–Trinajstić information content (AvgIpc) is 2.78. The Morgan fingerprint density at radius 3 is 2.36 bits per heavy atom. The predicted molar refractivity (Wildman–Crippen MR) is 150 cm³/mol.